The fourth-order valence-corrected chi connectivity index (χ4v) is 2.99. The minimum atomic E-state index is -0.822. The highest BCUT2D eigenvalue weighted by atomic mass is 16.4. The number of likely N-dealkylation sites (N-methyl/N-ethyl adjacent to an activating group) is 1. The van der Waals surface area contributed by atoms with Crippen LogP contribution in [0.4, 0.5) is 0 Å². The average Bonchev–Trinajstić information content (AvgIpc) is 2.75. The van der Waals surface area contributed by atoms with Crippen LogP contribution in [-0.2, 0) is 9.59 Å². The molecule has 0 aromatic heterocycles. The van der Waals surface area contributed by atoms with Crippen LogP contribution in [0.25, 0.3) is 0 Å². The molecule has 1 unspecified atom stereocenters. The maximum absolute atomic E-state index is 12.7. The Bertz CT molecular complexity index is 344. The lowest BCUT2D eigenvalue weighted by molar-refractivity contribution is -0.149. The SMILES string of the molecule is CCCN(CCN(C)C)C(=O)[C@H]1CC(C)C[C@H]1C(=O)O. The Labute approximate surface area is 121 Å². The molecule has 1 saturated carbocycles. The van der Waals surface area contributed by atoms with Gasteiger partial charge in [-0.25, -0.2) is 0 Å². The Hall–Kier alpha value is -1.10. The monoisotopic (exact) mass is 284 g/mol. The third-order valence-electron chi connectivity index (χ3n) is 4.06. The minimum absolute atomic E-state index is 0.0328. The van der Waals surface area contributed by atoms with E-state index in [4.69, 9.17) is 0 Å². The molecule has 3 atom stereocenters. The third-order valence-corrected chi connectivity index (χ3v) is 4.06. The number of hydrogen-bond acceptors (Lipinski definition) is 3. The first-order valence-corrected chi connectivity index (χ1v) is 7.53. The summed E-state index contributed by atoms with van der Waals surface area (Å²) < 4.78 is 0. The lowest BCUT2D eigenvalue weighted by Crippen LogP contribution is -2.42. The molecule has 20 heavy (non-hydrogen) atoms. The molecule has 5 nitrogen and oxygen atoms in total. The smallest absolute Gasteiger partial charge is 0.307 e. The van der Waals surface area contributed by atoms with Crippen LogP contribution in [0.1, 0.15) is 33.1 Å². The first-order valence-electron chi connectivity index (χ1n) is 7.53. The predicted molar refractivity (Wildman–Crippen MR) is 78.4 cm³/mol. The Morgan fingerprint density at radius 2 is 1.70 bits per heavy atom. The van der Waals surface area contributed by atoms with Crippen LogP contribution < -0.4 is 0 Å². The largest absolute Gasteiger partial charge is 0.481 e. The molecule has 0 bridgehead atoms. The van der Waals surface area contributed by atoms with Crippen LogP contribution >= 0.6 is 0 Å². The Kier molecular flexibility index (Phi) is 6.46. The molecule has 1 rings (SSSR count). The second-order valence-corrected chi connectivity index (χ2v) is 6.26. The van der Waals surface area contributed by atoms with Crippen molar-refractivity contribution in [1.82, 2.24) is 9.80 Å². The normalized spacial score (nSPS) is 25.9. The van der Waals surface area contributed by atoms with Gasteiger partial charge in [0.25, 0.3) is 0 Å². The van der Waals surface area contributed by atoms with Gasteiger partial charge >= 0.3 is 5.97 Å². The van der Waals surface area contributed by atoms with Crippen LogP contribution in [0.2, 0.25) is 0 Å². The van der Waals surface area contributed by atoms with Gasteiger partial charge in [-0.05, 0) is 39.3 Å². The van der Waals surface area contributed by atoms with Crippen molar-refractivity contribution in [2.45, 2.75) is 33.1 Å². The van der Waals surface area contributed by atoms with Gasteiger partial charge < -0.3 is 14.9 Å². The first kappa shape index (κ1) is 17.0. The lowest BCUT2D eigenvalue weighted by Gasteiger charge is -2.28. The van der Waals surface area contributed by atoms with Crippen molar-refractivity contribution < 1.29 is 14.7 Å². The van der Waals surface area contributed by atoms with E-state index >= 15 is 0 Å². The van der Waals surface area contributed by atoms with E-state index in [-0.39, 0.29) is 11.8 Å². The summed E-state index contributed by atoms with van der Waals surface area (Å²) in [7, 11) is 3.96. The van der Waals surface area contributed by atoms with Gasteiger partial charge in [0, 0.05) is 19.6 Å². The highest BCUT2D eigenvalue weighted by molar-refractivity contribution is 5.85. The summed E-state index contributed by atoms with van der Waals surface area (Å²) in [6.45, 7) is 6.28. The lowest BCUT2D eigenvalue weighted by atomic mass is 9.94. The van der Waals surface area contributed by atoms with Gasteiger partial charge in [0.05, 0.1) is 11.8 Å². The van der Waals surface area contributed by atoms with Gasteiger partial charge in [-0.2, -0.15) is 0 Å². The highest BCUT2D eigenvalue weighted by Crippen LogP contribution is 2.37. The summed E-state index contributed by atoms with van der Waals surface area (Å²) in [6, 6.07) is 0. The maximum Gasteiger partial charge on any atom is 0.307 e. The number of hydrogen-bond donors (Lipinski definition) is 1. The molecule has 0 heterocycles. The molecule has 0 saturated heterocycles. The van der Waals surface area contributed by atoms with E-state index in [9.17, 15) is 14.7 Å². The summed E-state index contributed by atoms with van der Waals surface area (Å²) in [4.78, 5) is 27.9. The fraction of sp³-hybridized carbons (Fsp3) is 0.867. The van der Waals surface area contributed by atoms with Gasteiger partial charge in [-0.15, -0.1) is 0 Å². The van der Waals surface area contributed by atoms with Gasteiger partial charge in [0.2, 0.25) is 5.91 Å². The Morgan fingerprint density at radius 3 is 2.20 bits per heavy atom. The summed E-state index contributed by atoms with van der Waals surface area (Å²) in [5.41, 5.74) is 0. The van der Waals surface area contributed by atoms with Crippen molar-refractivity contribution >= 4 is 11.9 Å². The van der Waals surface area contributed by atoms with Crippen molar-refractivity contribution in [3.05, 3.63) is 0 Å². The quantitative estimate of drug-likeness (QED) is 0.770. The molecule has 0 spiro atoms. The van der Waals surface area contributed by atoms with E-state index in [1.165, 1.54) is 0 Å². The molecule has 116 valence electrons. The topological polar surface area (TPSA) is 60.9 Å². The van der Waals surface area contributed by atoms with Crippen LogP contribution in [0.3, 0.4) is 0 Å². The first-order chi connectivity index (χ1) is 9.36. The summed E-state index contributed by atoms with van der Waals surface area (Å²) in [6.07, 6.45) is 2.23. The van der Waals surface area contributed by atoms with E-state index in [0.29, 0.717) is 31.8 Å². The summed E-state index contributed by atoms with van der Waals surface area (Å²) >= 11 is 0. The van der Waals surface area contributed by atoms with Gasteiger partial charge in [0.15, 0.2) is 0 Å². The molecular weight excluding hydrogens is 256 g/mol. The summed E-state index contributed by atoms with van der Waals surface area (Å²) in [5, 5.41) is 9.30. The molecule has 1 aliphatic rings. The van der Waals surface area contributed by atoms with Crippen LogP contribution in [-0.4, -0.2) is 60.5 Å². The Balaban J connectivity index is 2.74. The number of nitrogens with zero attached hydrogens (tertiary/aromatic N) is 2. The van der Waals surface area contributed by atoms with Crippen LogP contribution in [0.15, 0.2) is 0 Å². The number of rotatable bonds is 7. The highest BCUT2D eigenvalue weighted by Gasteiger charge is 2.42. The van der Waals surface area contributed by atoms with Crippen molar-refractivity contribution in [2.24, 2.45) is 17.8 Å². The Morgan fingerprint density at radius 1 is 1.10 bits per heavy atom. The molecule has 1 amide bonds. The van der Waals surface area contributed by atoms with E-state index in [1.807, 2.05) is 37.7 Å². The van der Waals surface area contributed by atoms with Gasteiger partial charge in [-0.3, -0.25) is 9.59 Å². The number of amides is 1. The van der Waals surface area contributed by atoms with E-state index < -0.39 is 11.9 Å². The predicted octanol–water partition coefficient (Wildman–Crippen LogP) is 1.53. The van der Waals surface area contributed by atoms with Crippen LogP contribution in [0, 0.1) is 17.8 Å². The zero-order valence-corrected chi connectivity index (χ0v) is 13.1. The van der Waals surface area contributed by atoms with Crippen molar-refractivity contribution in [3.63, 3.8) is 0 Å². The molecule has 1 N–H and O–H groups in total. The number of carbonyl (C=O) groups is 2. The third kappa shape index (κ3) is 4.47. The van der Waals surface area contributed by atoms with E-state index in [1.54, 1.807) is 0 Å². The van der Waals surface area contributed by atoms with Crippen molar-refractivity contribution in [2.75, 3.05) is 33.7 Å². The number of carboxylic acids is 1. The molecule has 0 radical (unpaired) electrons. The van der Waals surface area contributed by atoms with Crippen molar-refractivity contribution in [3.8, 4) is 0 Å². The van der Waals surface area contributed by atoms with E-state index in [2.05, 4.69) is 0 Å². The zero-order chi connectivity index (χ0) is 15.3. The fourth-order valence-electron chi connectivity index (χ4n) is 2.99. The standard InChI is InChI=1S/C15H28N2O3/c1-5-6-17(8-7-16(3)4)14(18)12-9-11(2)10-13(12)15(19)20/h11-13H,5-10H2,1-4H3,(H,19,20)/t11?,12-,13+/m0/s1. The molecule has 0 aromatic rings. The van der Waals surface area contributed by atoms with E-state index in [0.717, 1.165) is 13.0 Å². The number of carboxylic acid groups (broad SMARTS) is 1. The van der Waals surface area contributed by atoms with Crippen molar-refractivity contribution in [1.29, 1.82) is 0 Å². The molecule has 0 aromatic carbocycles. The zero-order valence-electron chi connectivity index (χ0n) is 13.1. The maximum atomic E-state index is 12.7. The number of aliphatic carboxylic acids is 1. The molecule has 0 aliphatic heterocycles. The molecule has 1 aliphatic carbocycles. The van der Waals surface area contributed by atoms with Gasteiger partial charge in [-0.1, -0.05) is 13.8 Å². The summed E-state index contributed by atoms with van der Waals surface area (Å²) in [5.74, 6) is -1.31. The molecular formula is C15H28N2O3. The second kappa shape index (κ2) is 7.62. The number of carbonyl (C=O) groups excluding carboxylic acids is 1. The molecule has 1 fully saturated rings. The average molecular weight is 284 g/mol. The van der Waals surface area contributed by atoms with Gasteiger partial charge in [0.1, 0.15) is 0 Å². The molecule has 5 heteroatoms. The second-order valence-electron chi connectivity index (χ2n) is 6.26. The van der Waals surface area contributed by atoms with Crippen LogP contribution in [0.5, 0.6) is 0 Å². The minimum Gasteiger partial charge on any atom is -0.481 e.